The van der Waals surface area contributed by atoms with Crippen LogP contribution in [0.3, 0.4) is 0 Å². The summed E-state index contributed by atoms with van der Waals surface area (Å²) in [6.45, 7) is 6.49. The molecular weight excluding hydrogens is 230 g/mol. The van der Waals surface area contributed by atoms with E-state index in [2.05, 4.69) is 51.1 Å². The van der Waals surface area contributed by atoms with E-state index in [0.29, 0.717) is 0 Å². The SMILES string of the molecule is CCCCc1ccc(N)c(-c2cc(C)cc(C)c2)c1. The molecule has 2 N–H and O–H groups in total. The summed E-state index contributed by atoms with van der Waals surface area (Å²) in [5.41, 5.74) is 13.4. The number of nitrogen functional groups attached to an aromatic ring is 1. The van der Waals surface area contributed by atoms with Crippen LogP contribution in [0.2, 0.25) is 0 Å². The molecule has 19 heavy (non-hydrogen) atoms. The molecule has 0 bridgehead atoms. The van der Waals surface area contributed by atoms with Gasteiger partial charge in [-0.25, -0.2) is 0 Å². The molecule has 1 heteroatoms. The van der Waals surface area contributed by atoms with Crippen molar-refractivity contribution in [1.82, 2.24) is 0 Å². The summed E-state index contributed by atoms with van der Waals surface area (Å²) in [6.07, 6.45) is 3.59. The summed E-state index contributed by atoms with van der Waals surface area (Å²) in [7, 11) is 0. The van der Waals surface area contributed by atoms with Crippen LogP contribution >= 0.6 is 0 Å². The molecule has 0 saturated carbocycles. The first-order valence-electron chi connectivity index (χ1n) is 7.07. The van der Waals surface area contributed by atoms with Gasteiger partial charge in [0, 0.05) is 11.3 Å². The fourth-order valence-electron chi connectivity index (χ4n) is 2.52. The van der Waals surface area contributed by atoms with Gasteiger partial charge in [0.15, 0.2) is 0 Å². The average Bonchev–Trinajstić information content (AvgIpc) is 2.36. The topological polar surface area (TPSA) is 26.0 Å². The second-order valence-corrected chi connectivity index (χ2v) is 5.40. The highest BCUT2D eigenvalue weighted by atomic mass is 14.6. The van der Waals surface area contributed by atoms with Crippen molar-refractivity contribution in [3.05, 3.63) is 53.1 Å². The van der Waals surface area contributed by atoms with Crippen molar-refractivity contribution < 1.29 is 0 Å². The lowest BCUT2D eigenvalue weighted by molar-refractivity contribution is 0.795. The minimum absolute atomic E-state index is 0.866. The van der Waals surface area contributed by atoms with Gasteiger partial charge in [-0.2, -0.15) is 0 Å². The third kappa shape index (κ3) is 3.37. The van der Waals surface area contributed by atoms with Crippen molar-refractivity contribution in [2.45, 2.75) is 40.0 Å². The Morgan fingerprint density at radius 1 is 0.947 bits per heavy atom. The second-order valence-electron chi connectivity index (χ2n) is 5.40. The van der Waals surface area contributed by atoms with Gasteiger partial charge in [-0.15, -0.1) is 0 Å². The number of nitrogens with two attached hydrogens (primary N) is 1. The molecule has 0 aromatic heterocycles. The minimum Gasteiger partial charge on any atom is -0.398 e. The Morgan fingerprint density at radius 3 is 2.26 bits per heavy atom. The monoisotopic (exact) mass is 253 g/mol. The van der Waals surface area contributed by atoms with Crippen LogP contribution in [0.25, 0.3) is 11.1 Å². The van der Waals surface area contributed by atoms with E-state index in [1.807, 2.05) is 6.07 Å². The summed E-state index contributed by atoms with van der Waals surface area (Å²) in [4.78, 5) is 0. The lowest BCUT2D eigenvalue weighted by atomic mass is 9.96. The van der Waals surface area contributed by atoms with Crippen LogP contribution in [0.15, 0.2) is 36.4 Å². The van der Waals surface area contributed by atoms with E-state index in [9.17, 15) is 0 Å². The fraction of sp³-hybridized carbons (Fsp3) is 0.333. The standard InChI is InChI=1S/C18H23N/c1-4-5-6-15-7-8-18(19)17(12-15)16-10-13(2)9-14(3)11-16/h7-12H,4-6,19H2,1-3H3. The van der Waals surface area contributed by atoms with E-state index in [1.54, 1.807) is 0 Å². The molecule has 0 aliphatic carbocycles. The van der Waals surface area contributed by atoms with Crippen molar-refractivity contribution in [1.29, 1.82) is 0 Å². The zero-order valence-electron chi connectivity index (χ0n) is 12.2. The Kier molecular flexibility index (Phi) is 4.26. The molecule has 0 radical (unpaired) electrons. The molecule has 0 unspecified atom stereocenters. The molecule has 2 rings (SSSR count). The average molecular weight is 253 g/mol. The summed E-state index contributed by atoms with van der Waals surface area (Å²) in [6, 6.07) is 13.1. The van der Waals surface area contributed by atoms with Gasteiger partial charge in [-0.1, -0.05) is 48.7 Å². The highest BCUT2D eigenvalue weighted by Crippen LogP contribution is 2.29. The zero-order valence-corrected chi connectivity index (χ0v) is 12.2. The molecule has 0 fully saturated rings. The van der Waals surface area contributed by atoms with Crippen LogP contribution < -0.4 is 5.73 Å². The van der Waals surface area contributed by atoms with Crippen molar-refractivity contribution in [2.24, 2.45) is 0 Å². The van der Waals surface area contributed by atoms with Gasteiger partial charge in [0.25, 0.3) is 0 Å². The van der Waals surface area contributed by atoms with E-state index in [1.165, 1.54) is 40.7 Å². The van der Waals surface area contributed by atoms with E-state index >= 15 is 0 Å². The molecule has 0 aliphatic heterocycles. The Balaban J connectivity index is 2.42. The quantitative estimate of drug-likeness (QED) is 0.771. The molecule has 0 saturated heterocycles. The van der Waals surface area contributed by atoms with Gasteiger partial charge < -0.3 is 5.73 Å². The van der Waals surface area contributed by atoms with E-state index in [4.69, 9.17) is 5.73 Å². The number of hydrogen-bond acceptors (Lipinski definition) is 1. The first-order chi connectivity index (χ1) is 9.10. The van der Waals surface area contributed by atoms with Gasteiger partial charge in [0.2, 0.25) is 0 Å². The molecule has 0 spiro atoms. The Bertz CT molecular complexity index is 550. The maximum atomic E-state index is 6.15. The minimum atomic E-state index is 0.866. The number of hydrogen-bond donors (Lipinski definition) is 1. The van der Waals surface area contributed by atoms with Crippen LogP contribution in [0.5, 0.6) is 0 Å². The molecule has 2 aromatic rings. The fourth-order valence-corrected chi connectivity index (χ4v) is 2.52. The third-order valence-corrected chi connectivity index (χ3v) is 3.47. The lowest BCUT2D eigenvalue weighted by Gasteiger charge is -2.11. The summed E-state index contributed by atoms with van der Waals surface area (Å²) < 4.78 is 0. The molecule has 2 aromatic carbocycles. The second kappa shape index (κ2) is 5.92. The predicted octanol–water partition coefficient (Wildman–Crippen LogP) is 4.90. The van der Waals surface area contributed by atoms with E-state index in [-0.39, 0.29) is 0 Å². The van der Waals surface area contributed by atoms with Crippen LogP contribution in [-0.2, 0) is 6.42 Å². The predicted molar refractivity (Wildman–Crippen MR) is 84.4 cm³/mol. The Labute approximate surface area is 116 Å². The van der Waals surface area contributed by atoms with E-state index in [0.717, 1.165) is 12.1 Å². The summed E-state index contributed by atoms with van der Waals surface area (Å²) >= 11 is 0. The van der Waals surface area contributed by atoms with Crippen molar-refractivity contribution in [3.63, 3.8) is 0 Å². The van der Waals surface area contributed by atoms with E-state index < -0.39 is 0 Å². The number of benzene rings is 2. The Hall–Kier alpha value is -1.76. The first-order valence-corrected chi connectivity index (χ1v) is 7.07. The first kappa shape index (κ1) is 13.7. The lowest BCUT2D eigenvalue weighted by Crippen LogP contribution is -1.94. The summed E-state index contributed by atoms with van der Waals surface area (Å²) in [5, 5.41) is 0. The van der Waals surface area contributed by atoms with Crippen LogP contribution in [0, 0.1) is 13.8 Å². The van der Waals surface area contributed by atoms with Gasteiger partial charge in [0.1, 0.15) is 0 Å². The van der Waals surface area contributed by atoms with Gasteiger partial charge in [-0.3, -0.25) is 0 Å². The molecule has 0 heterocycles. The highest BCUT2D eigenvalue weighted by Gasteiger charge is 2.05. The largest absolute Gasteiger partial charge is 0.398 e. The maximum Gasteiger partial charge on any atom is 0.0393 e. The number of rotatable bonds is 4. The molecule has 0 amide bonds. The van der Waals surface area contributed by atoms with Crippen molar-refractivity contribution in [3.8, 4) is 11.1 Å². The number of anilines is 1. The molecule has 0 aliphatic rings. The Morgan fingerprint density at radius 2 is 1.63 bits per heavy atom. The summed E-state index contributed by atoms with van der Waals surface area (Å²) in [5.74, 6) is 0. The number of unbranched alkanes of at least 4 members (excludes halogenated alkanes) is 1. The third-order valence-electron chi connectivity index (χ3n) is 3.47. The molecule has 1 nitrogen and oxygen atoms in total. The van der Waals surface area contributed by atoms with Crippen molar-refractivity contribution in [2.75, 3.05) is 5.73 Å². The van der Waals surface area contributed by atoms with Gasteiger partial charge in [0.05, 0.1) is 0 Å². The zero-order chi connectivity index (χ0) is 13.8. The van der Waals surface area contributed by atoms with Crippen LogP contribution in [-0.4, -0.2) is 0 Å². The molecular formula is C18H23N. The molecule has 0 atom stereocenters. The van der Waals surface area contributed by atoms with Gasteiger partial charge in [-0.05, 0) is 49.9 Å². The number of aryl methyl sites for hydroxylation is 3. The van der Waals surface area contributed by atoms with Crippen LogP contribution in [0.1, 0.15) is 36.5 Å². The smallest absolute Gasteiger partial charge is 0.0393 e. The van der Waals surface area contributed by atoms with Gasteiger partial charge >= 0.3 is 0 Å². The normalized spacial score (nSPS) is 10.7. The maximum absolute atomic E-state index is 6.15. The van der Waals surface area contributed by atoms with Crippen LogP contribution in [0.4, 0.5) is 5.69 Å². The molecule has 100 valence electrons. The highest BCUT2D eigenvalue weighted by molar-refractivity contribution is 5.77. The van der Waals surface area contributed by atoms with Crippen molar-refractivity contribution >= 4 is 5.69 Å².